The molecule has 5 nitrogen and oxygen atoms in total. The van der Waals surface area contributed by atoms with Crippen LogP contribution in [0.25, 0.3) is 16.9 Å². The van der Waals surface area contributed by atoms with E-state index < -0.39 is 11.7 Å². The van der Waals surface area contributed by atoms with Gasteiger partial charge in [0.2, 0.25) is 0 Å². The van der Waals surface area contributed by atoms with Crippen molar-refractivity contribution >= 4 is 51.2 Å². The highest BCUT2D eigenvalue weighted by Crippen LogP contribution is 2.32. The van der Waals surface area contributed by atoms with Crippen molar-refractivity contribution in [2.45, 2.75) is 6.92 Å². The summed E-state index contributed by atoms with van der Waals surface area (Å²) >= 11 is 13.4. The topological polar surface area (TPSA) is 59.3 Å². The Kier molecular flexibility index (Phi) is 4.59. The third kappa shape index (κ3) is 3.41. The fourth-order valence-electron chi connectivity index (χ4n) is 2.72. The van der Waals surface area contributed by atoms with E-state index in [9.17, 15) is 9.18 Å². The van der Waals surface area contributed by atoms with E-state index >= 15 is 0 Å². The monoisotopic (exact) mass is 420 g/mol. The van der Waals surface area contributed by atoms with Crippen LogP contribution in [0.5, 0.6) is 0 Å². The van der Waals surface area contributed by atoms with Gasteiger partial charge in [-0.25, -0.2) is 14.4 Å². The number of hydrogen-bond donors (Lipinski definition) is 1. The van der Waals surface area contributed by atoms with Gasteiger partial charge in [0, 0.05) is 22.2 Å². The molecule has 4 rings (SSSR count). The summed E-state index contributed by atoms with van der Waals surface area (Å²) in [5, 5.41) is 5.91. The molecule has 0 radical (unpaired) electrons. The number of aryl methyl sites for hydroxylation is 1. The Bertz CT molecular complexity index is 1190. The summed E-state index contributed by atoms with van der Waals surface area (Å²) in [6.45, 7) is 1.70. The molecule has 0 saturated carbocycles. The van der Waals surface area contributed by atoms with Gasteiger partial charge in [0.05, 0.1) is 16.4 Å². The van der Waals surface area contributed by atoms with E-state index in [1.54, 1.807) is 30.5 Å². The van der Waals surface area contributed by atoms with Crippen LogP contribution in [0, 0.1) is 12.7 Å². The zero-order chi connectivity index (χ0) is 19.1. The van der Waals surface area contributed by atoms with Crippen molar-refractivity contribution in [3.8, 4) is 11.3 Å². The number of carbonyl (C=O) groups is 1. The zero-order valence-electron chi connectivity index (χ0n) is 13.8. The van der Waals surface area contributed by atoms with Crippen molar-refractivity contribution in [1.29, 1.82) is 0 Å². The SMILES string of the molecule is Cc1nc2ccc(F)cn2c1C(=O)Nc1nc(-c2ccc(Cl)cc2Cl)cs1. The van der Waals surface area contributed by atoms with Gasteiger partial charge in [-0.2, -0.15) is 0 Å². The molecule has 0 unspecified atom stereocenters. The maximum Gasteiger partial charge on any atom is 0.276 e. The first-order valence-electron chi connectivity index (χ1n) is 7.79. The molecule has 9 heteroatoms. The second-order valence-corrected chi connectivity index (χ2v) is 7.44. The van der Waals surface area contributed by atoms with Crippen molar-refractivity contribution in [2.75, 3.05) is 5.32 Å². The predicted molar refractivity (Wildman–Crippen MR) is 105 cm³/mol. The number of carbonyl (C=O) groups excluding carboxylic acids is 1. The van der Waals surface area contributed by atoms with Crippen molar-refractivity contribution in [3.63, 3.8) is 0 Å². The Hall–Kier alpha value is -2.48. The molecule has 0 aliphatic rings. The number of amides is 1. The lowest BCUT2D eigenvalue weighted by atomic mass is 10.2. The molecule has 4 aromatic rings. The van der Waals surface area contributed by atoms with E-state index in [4.69, 9.17) is 23.2 Å². The molecular formula is C18H11Cl2FN4OS. The first-order chi connectivity index (χ1) is 12.9. The predicted octanol–water partition coefficient (Wildman–Crippen LogP) is 5.46. The van der Waals surface area contributed by atoms with Crippen LogP contribution in [-0.2, 0) is 0 Å². The average molecular weight is 421 g/mol. The Morgan fingerprint density at radius 2 is 2.04 bits per heavy atom. The zero-order valence-corrected chi connectivity index (χ0v) is 16.2. The number of nitrogens with one attached hydrogen (secondary N) is 1. The third-order valence-electron chi connectivity index (χ3n) is 3.90. The number of hydrogen-bond acceptors (Lipinski definition) is 4. The largest absolute Gasteiger partial charge is 0.296 e. The van der Waals surface area contributed by atoms with Gasteiger partial charge in [-0.1, -0.05) is 23.2 Å². The maximum absolute atomic E-state index is 13.6. The van der Waals surface area contributed by atoms with Crippen LogP contribution in [-0.4, -0.2) is 20.3 Å². The lowest BCUT2D eigenvalue weighted by Crippen LogP contribution is -2.15. The van der Waals surface area contributed by atoms with Gasteiger partial charge in [-0.3, -0.25) is 14.5 Å². The van der Waals surface area contributed by atoms with Gasteiger partial charge in [-0.15, -0.1) is 11.3 Å². The van der Waals surface area contributed by atoms with Gasteiger partial charge in [-0.05, 0) is 37.3 Å². The Balaban J connectivity index is 1.64. The minimum absolute atomic E-state index is 0.255. The lowest BCUT2D eigenvalue weighted by molar-refractivity contribution is 0.102. The molecule has 0 bridgehead atoms. The highest BCUT2D eigenvalue weighted by molar-refractivity contribution is 7.14. The molecule has 1 N–H and O–H groups in total. The first kappa shape index (κ1) is 17.9. The van der Waals surface area contributed by atoms with Crippen LogP contribution >= 0.6 is 34.5 Å². The molecule has 0 aliphatic carbocycles. The molecule has 1 aromatic carbocycles. The fourth-order valence-corrected chi connectivity index (χ4v) is 3.93. The number of anilines is 1. The van der Waals surface area contributed by atoms with Crippen molar-refractivity contribution in [2.24, 2.45) is 0 Å². The van der Waals surface area contributed by atoms with Gasteiger partial charge >= 0.3 is 0 Å². The number of pyridine rings is 1. The van der Waals surface area contributed by atoms with Gasteiger partial charge in [0.1, 0.15) is 17.2 Å². The van der Waals surface area contributed by atoms with E-state index in [0.717, 1.165) is 0 Å². The second-order valence-electron chi connectivity index (χ2n) is 5.74. The molecule has 3 heterocycles. The number of benzene rings is 1. The molecule has 0 saturated heterocycles. The molecular weight excluding hydrogens is 410 g/mol. The van der Waals surface area contributed by atoms with E-state index in [0.29, 0.717) is 37.8 Å². The second kappa shape index (κ2) is 6.92. The Morgan fingerprint density at radius 1 is 1.22 bits per heavy atom. The van der Waals surface area contributed by atoms with Gasteiger partial charge < -0.3 is 0 Å². The van der Waals surface area contributed by atoms with E-state index in [2.05, 4.69) is 15.3 Å². The van der Waals surface area contributed by atoms with E-state index in [1.807, 2.05) is 0 Å². The highest BCUT2D eigenvalue weighted by Gasteiger charge is 2.19. The van der Waals surface area contributed by atoms with E-state index in [1.165, 1.54) is 34.1 Å². The highest BCUT2D eigenvalue weighted by atomic mass is 35.5. The van der Waals surface area contributed by atoms with Crippen molar-refractivity contribution in [1.82, 2.24) is 14.4 Å². The van der Waals surface area contributed by atoms with Crippen molar-refractivity contribution < 1.29 is 9.18 Å². The van der Waals surface area contributed by atoms with Crippen LogP contribution in [0.3, 0.4) is 0 Å². The summed E-state index contributed by atoms with van der Waals surface area (Å²) in [5.41, 5.74) is 2.58. The number of aromatic nitrogens is 3. The number of nitrogens with zero attached hydrogens (tertiary/aromatic N) is 3. The van der Waals surface area contributed by atoms with Gasteiger partial charge in [0.25, 0.3) is 5.91 Å². The van der Waals surface area contributed by atoms with Crippen LogP contribution in [0.15, 0.2) is 41.9 Å². The molecule has 3 aromatic heterocycles. The summed E-state index contributed by atoms with van der Waals surface area (Å²) in [7, 11) is 0. The van der Waals surface area contributed by atoms with Crippen LogP contribution in [0.1, 0.15) is 16.2 Å². The first-order valence-corrected chi connectivity index (χ1v) is 9.42. The average Bonchev–Trinajstić information content (AvgIpc) is 3.18. The summed E-state index contributed by atoms with van der Waals surface area (Å²) < 4.78 is 15.0. The molecule has 0 fully saturated rings. The Morgan fingerprint density at radius 3 is 2.81 bits per heavy atom. The number of rotatable bonds is 3. The fraction of sp³-hybridized carbons (Fsp3) is 0.0556. The molecule has 136 valence electrons. The summed E-state index contributed by atoms with van der Waals surface area (Å²) in [6.07, 6.45) is 1.23. The summed E-state index contributed by atoms with van der Waals surface area (Å²) in [4.78, 5) is 21.4. The number of imidazole rings is 1. The molecule has 0 spiro atoms. The van der Waals surface area contributed by atoms with E-state index in [-0.39, 0.29) is 5.69 Å². The van der Waals surface area contributed by atoms with Crippen molar-refractivity contribution in [3.05, 3.63) is 69.2 Å². The number of halogens is 3. The number of thiazole rings is 1. The smallest absolute Gasteiger partial charge is 0.276 e. The minimum atomic E-state index is -0.456. The van der Waals surface area contributed by atoms with Crippen LogP contribution < -0.4 is 5.32 Å². The molecule has 0 aliphatic heterocycles. The Labute approximate surface area is 167 Å². The minimum Gasteiger partial charge on any atom is -0.296 e. The molecule has 0 atom stereocenters. The molecule has 1 amide bonds. The standard InChI is InChI=1S/C18H11Cl2FN4OS/c1-9-16(25-7-11(21)3-5-15(25)22-9)17(26)24-18-23-14(8-27-18)12-4-2-10(19)6-13(12)20/h2-8H,1H3,(H,23,24,26). The normalized spacial score (nSPS) is 11.1. The van der Waals surface area contributed by atoms with Crippen LogP contribution in [0.2, 0.25) is 10.0 Å². The van der Waals surface area contributed by atoms with Crippen LogP contribution in [0.4, 0.5) is 9.52 Å². The summed E-state index contributed by atoms with van der Waals surface area (Å²) in [5.74, 6) is -0.878. The lowest BCUT2D eigenvalue weighted by Gasteiger charge is -2.04. The van der Waals surface area contributed by atoms with Gasteiger partial charge in [0.15, 0.2) is 5.13 Å². The number of fused-ring (bicyclic) bond motifs is 1. The molecule has 27 heavy (non-hydrogen) atoms. The maximum atomic E-state index is 13.6. The quantitative estimate of drug-likeness (QED) is 0.478. The third-order valence-corrected chi connectivity index (χ3v) is 5.21. The summed E-state index contributed by atoms with van der Waals surface area (Å²) in [6, 6.07) is 7.93.